The Kier molecular flexibility index (Phi) is 3.97. The summed E-state index contributed by atoms with van der Waals surface area (Å²) in [4.78, 5) is 6.58. The summed E-state index contributed by atoms with van der Waals surface area (Å²) in [6, 6.07) is 12.8. The third-order valence-corrected chi connectivity index (χ3v) is 3.92. The van der Waals surface area contributed by atoms with E-state index in [1.165, 1.54) is 23.2 Å². The van der Waals surface area contributed by atoms with Crippen LogP contribution in [0.1, 0.15) is 23.5 Å². The number of anilines is 1. The molecular formula is C17H21N3. The Hall–Kier alpha value is -1.87. The minimum atomic E-state index is 0.620. The molecule has 0 radical (unpaired) electrons. The van der Waals surface area contributed by atoms with E-state index in [0.717, 1.165) is 19.6 Å². The molecule has 0 bridgehead atoms. The van der Waals surface area contributed by atoms with E-state index in [1.54, 1.807) is 0 Å². The minimum Gasteiger partial charge on any atom is -0.385 e. The number of hydrogen-bond acceptors (Lipinski definition) is 3. The first-order valence-corrected chi connectivity index (χ1v) is 7.23. The van der Waals surface area contributed by atoms with Crippen molar-refractivity contribution in [2.24, 2.45) is 0 Å². The van der Waals surface area contributed by atoms with Crippen LogP contribution >= 0.6 is 0 Å². The largest absolute Gasteiger partial charge is 0.385 e. The molecule has 1 aromatic heterocycles. The lowest BCUT2D eigenvalue weighted by Crippen LogP contribution is -2.28. The Morgan fingerprint density at radius 3 is 3.00 bits per heavy atom. The summed E-state index contributed by atoms with van der Waals surface area (Å²) in [5, 5.41) is 3.49. The molecule has 1 aromatic carbocycles. The molecule has 0 fully saturated rings. The van der Waals surface area contributed by atoms with Gasteiger partial charge >= 0.3 is 0 Å². The van der Waals surface area contributed by atoms with Crippen molar-refractivity contribution in [2.75, 3.05) is 25.5 Å². The van der Waals surface area contributed by atoms with Gasteiger partial charge in [0.2, 0.25) is 0 Å². The first-order valence-electron chi connectivity index (χ1n) is 7.23. The molecule has 3 heteroatoms. The molecular weight excluding hydrogens is 246 g/mol. The second kappa shape index (κ2) is 6.06. The summed E-state index contributed by atoms with van der Waals surface area (Å²) in [7, 11) is 2.19. The van der Waals surface area contributed by atoms with Gasteiger partial charge in [-0.15, -0.1) is 0 Å². The fourth-order valence-corrected chi connectivity index (χ4v) is 2.98. The number of likely N-dealkylation sites (N-methyl/N-ethyl adjacent to an activating group) is 1. The van der Waals surface area contributed by atoms with Crippen LogP contribution in [0.3, 0.4) is 0 Å². The van der Waals surface area contributed by atoms with Crippen molar-refractivity contribution in [1.29, 1.82) is 0 Å². The highest BCUT2D eigenvalue weighted by atomic mass is 15.1. The third-order valence-electron chi connectivity index (χ3n) is 3.92. The summed E-state index contributed by atoms with van der Waals surface area (Å²) < 4.78 is 0. The molecule has 1 N–H and O–H groups in total. The van der Waals surface area contributed by atoms with Crippen LogP contribution in [0, 0.1) is 0 Å². The molecule has 3 rings (SSSR count). The molecule has 1 aliphatic rings. The number of benzene rings is 1. The molecule has 3 nitrogen and oxygen atoms in total. The molecule has 104 valence electrons. The van der Waals surface area contributed by atoms with Crippen LogP contribution in [-0.2, 0) is 6.54 Å². The van der Waals surface area contributed by atoms with Gasteiger partial charge in [0, 0.05) is 43.6 Å². The van der Waals surface area contributed by atoms with Gasteiger partial charge in [-0.3, -0.25) is 4.98 Å². The Bertz CT molecular complexity index is 553. The minimum absolute atomic E-state index is 0.620. The van der Waals surface area contributed by atoms with Crippen molar-refractivity contribution in [3.05, 3.63) is 59.9 Å². The van der Waals surface area contributed by atoms with Crippen LogP contribution in [0.2, 0.25) is 0 Å². The van der Waals surface area contributed by atoms with Crippen LogP contribution in [0.5, 0.6) is 0 Å². The molecule has 1 aliphatic heterocycles. The lowest BCUT2D eigenvalue weighted by Gasteiger charge is -2.30. The first-order chi connectivity index (χ1) is 9.83. The number of fused-ring (bicyclic) bond motifs is 1. The number of hydrogen-bond donors (Lipinski definition) is 1. The molecule has 0 saturated heterocycles. The summed E-state index contributed by atoms with van der Waals surface area (Å²) in [5.41, 5.74) is 4.03. The highest BCUT2D eigenvalue weighted by Crippen LogP contribution is 2.31. The quantitative estimate of drug-likeness (QED) is 0.922. The molecule has 0 amide bonds. The van der Waals surface area contributed by atoms with Gasteiger partial charge in [0.15, 0.2) is 0 Å². The third kappa shape index (κ3) is 2.99. The summed E-state index contributed by atoms with van der Waals surface area (Å²) >= 11 is 0. The maximum atomic E-state index is 4.18. The fraction of sp³-hybridized carbons (Fsp3) is 0.353. The Labute approximate surface area is 120 Å². The van der Waals surface area contributed by atoms with Crippen LogP contribution in [-0.4, -0.2) is 30.0 Å². The predicted molar refractivity (Wildman–Crippen MR) is 82.9 cm³/mol. The maximum Gasteiger partial charge on any atom is 0.0376 e. The van der Waals surface area contributed by atoms with Crippen molar-refractivity contribution in [3.8, 4) is 0 Å². The average molecular weight is 267 g/mol. The molecule has 1 unspecified atom stereocenters. The van der Waals surface area contributed by atoms with Crippen LogP contribution in [0.4, 0.5) is 5.69 Å². The molecule has 0 saturated carbocycles. The molecule has 20 heavy (non-hydrogen) atoms. The Balaban J connectivity index is 1.66. The number of nitrogens with one attached hydrogen (secondary N) is 1. The van der Waals surface area contributed by atoms with Crippen LogP contribution < -0.4 is 5.32 Å². The van der Waals surface area contributed by atoms with Crippen molar-refractivity contribution in [1.82, 2.24) is 9.88 Å². The molecule has 0 aliphatic carbocycles. The van der Waals surface area contributed by atoms with E-state index in [9.17, 15) is 0 Å². The van der Waals surface area contributed by atoms with Gasteiger partial charge in [-0.25, -0.2) is 0 Å². The standard InChI is InChI=1S/C17H21N3/c1-20(12-14-5-4-9-18-11-14)13-15-8-10-19-17-7-3-2-6-16(15)17/h2-7,9,11,15,19H,8,10,12-13H2,1H3. The maximum absolute atomic E-state index is 4.18. The molecule has 2 aromatic rings. The smallest absolute Gasteiger partial charge is 0.0376 e. The van der Waals surface area contributed by atoms with Crippen molar-refractivity contribution < 1.29 is 0 Å². The van der Waals surface area contributed by atoms with Gasteiger partial charge in [-0.1, -0.05) is 24.3 Å². The highest BCUT2D eigenvalue weighted by Gasteiger charge is 2.20. The summed E-state index contributed by atoms with van der Waals surface area (Å²) in [6.45, 7) is 3.12. The van der Waals surface area contributed by atoms with E-state index >= 15 is 0 Å². The molecule has 0 spiro atoms. The van der Waals surface area contributed by atoms with Crippen molar-refractivity contribution in [3.63, 3.8) is 0 Å². The summed E-state index contributed by atoms with van der Waals surface area (Å²) in [6.07, 6.45) is 4.98. The number of nitrogens with zero attached hydrogens (tertiary/aromatic N) is 2. The second-order valence-electron chi connectivity index (χ2n) is 5.56. The number of para-hydroxylation sites is 1. The zero-order valence-corrected chi connectivity index (χ0v) is 11.9. The Morgan fingerprint density at radius 2 is 2.15 bits per heavy atom. The number of aromatic nitrogens is 1. The zero-order valence-electron chi connectivity index (χ0n) is 11.9. The molecule has 2 heterocycles. The zero-order chi connectivity index (χ0) is 13.8. The topological polar surface area (TPSA) is 28.2 Å². The van der Waals surface area contributed by atoms with E-state index < -0.39 is 0 Å². The lowest BCUT2D eigenvalue weighted by molar-refractivity contribution is 0.297. The van der Waals surface area contributed by atoms with E-state index in [0.29, 0.717) is 5.92 Å². The molecule has 1 atom stereocenters. The first kappa shape index (κ1) is 13.1. The fourth-order valence-electron chi connectivity index (χ4n) is 2.98. The van der Waals surface area contributed by atoms with E-state index in [-0.39, 0.29) is 0 Å². The van der Waals surface area contributed by atoms with Crippen LogP contribution in [0.15, 0.2) is 48.8 Å². The van der Waals surface area contributed by atoms with E-state index in [1.807, 2.05) is 18.5 Å². The second-order valence-corrected chi connectivity index (χ2v) is 5.56. The summed E-state index contributed by atoms with van der Waals surface area (Å²) in [5.74, 6) is 0.620. The van der Waals surface area contributed by atoms with Gasteiger partial charge in [0.1, 0.15) is 0 Å². The monoisotopic (exact) mass is 267 g/mol. The number of pyridine rings is 1. The SMILES string of the molecule is CN(Cc1cccnc1)CC1CCNc2ccccc21. The number of rotatable bonds is 4. The van der Waals surface area contributed by atoms with E-state index in [2.05, 4.69) is 52.6 Å². The lowest BCUT2D eigenvalue weighted by atomic mass is 9.90. The van der Waals surface area contributed by atoms with Gasteiger partial charge in [-0.2, -0.15) is 0 Å². The van der Waals surface area contributed by atoms with Gasteiger partial charge in [0.05, 0.1) is 0 Å². The van der Waals surface area contributed by atoms with Gasteiger partial charge < -0.3 is 10.2 Å². The Morgan fingerprint density at radius 1 is 1.25 bits per heavy atom. The van der Waals surface area contributed by atoms with E-state index in [4.69, 9.17) is 0 Å². The normalized spacial score (nSPS) is 17.6. The average Bonchev–Trinajstić information content (AvgIpc) is 2.48. The van der Waals surface area contributed by atoms with Crippen molar-refractivity contribution in [2.45, 2.75) is 18.9 Å². The van der Waals surface area contributed by atoms with Gasteiger partial charge in [-0.05, 0) is 36.7 Å². The van der Waals surface area contributed by atoms with Gasteiger partial charge in [0.25, 0.3) is 0 Å². The predicted octanol–water partition coefficient (Wildman–Crippen LogP) is 3.11. The van der Waals surface area contributed by atoms with Crippen LogP contribution in [0.25, 0.3) is 0 Å². The van der Waals surface area contributed by atoms with Crippen molar-refractivity contribution >= 4 is 5.69 Å². The highest BCUT2D eigenvalue weighted by molar-refractivity contribution is 5.54.